The number of piperidine rings is 3. The smallest absolute Gasteiger partial charge is 0.0195 e. The summed E-state index contributed by atoms with van der Waals surface area (Å²) in [5.41, 5.74) is 3.13. The minimum absolute atomic E-state index is 0.897. The van der Waals surface area contributed by atoms with E-state index in [1.54, 1.807) is 5.57 Å². The average Bonchev–Trinajstić information content (AvgIpc) is 2.39. The predicted octanol–water partition coefficient (Wildman–Crippen LogP) is 2.88. The summed E-state index contributed by atoms with van der Waals surface area (Å²) in [6.07, 6.45) is 6.37. The number of fused-ring (bicyclic) bond motifs is 3. The van der Waals surface area contributed by atoms with Gasteiger partial charge in [-0.25, -0.2) is 0 Å². The van der Waals surface area contributed by atoms with Gasteiger partial charge >= 0.3 is 0 Å². The van der Waals surface area contributed by atoms with Crippen molar-refractivity contribution in [2.24, 2.45) is 5.92 Å². The lowest BCUT2D eigenvalue weighted by molar-refractivity contribution is 0.161. The highest BCUT2D eigenvalue weighted by Crippen LogP contribution is 2.31. The summed E-state index contributed by atoms with van der Waals surface area (Å²) >= 11 is 0. The first-order valence-corrected chi connectivity index (χ1v) is 6.37. The van der Waals surface area contributed by atoms with Crippen molar-refractivity contribution >= 4 is 0 Å². The fourth-order valence-corrected chi connectivity index (χ4v) is 2.94. The van der Waals surface area contributed by atoms with Crippen LogP contribution in [0.4, 0.5) is 0 Å². The van der Waals surface area contributed by atoms with Crippen LogP contribution in [-0.4, -0.2) is 24.5 Å². The second-order valence-electron chi connectivity index (χ2n) is 5.02. The van der Waals surface area contributed by atoms with Gasteiger partial charge in [0, 0.05) is 6.54 Å². The van der Waals surface area contributed by atoms with Gasteiger partial charge in [-0.2, -0.15) is 0 Å². The highest BCUT2D eigenvalue weighted by atomic mass is 15.1. The van der Waals surface area contributed by atoms with Gasteiger partial charge in [0.15, 0.2) is 0 Å². The van der Waals surface area contributed by atoms with Crippen molar-refractivity contribution < 1.29 is 0 Å². The molecule has 1 nitrogen and oxygen atoms in total. The molecule has 0 atom stereocenters. The molecule has 0 aromatic heterocycles. The molecule has 1 aromatic rings. The van der Waals surface area contributed by atoms with Crippen molar-refractivity contribution in [3.8, 4) is 0 Å². The van der Waals surface area contributed by atoms with Crippen molar-refractivity contribution in [1.82, 2.24) is 4.90 Å². The Labute approximate surface area is 97.8 Å². The van der Waals surface area contributed by atoms with Crippen LogP contribution in [0.3, 0.4) is 0 Å². The van der Waals surface area contributed by atoms with Crippen molar-refractivity contribution in [2.45, 2.75) is 19.3 Å². The summed E-state index contributed by atoms with van der Waals surface area (Å²) in [5.74, 6) is 0.897. The largest absolute Gasteiger partial charge is 0.299 e. The van der Waals surface area contributed by atoms with E-state index in [2.05, 4.69) is 41.3 Å². The first-order valence-electron chi connectivity index (χ1n) is 6.37. The Morgan fingerprint density at radius 3 is 2.50 bits per heavy atom. The molecular weight excluding hydrogens is 194 g/mol. The first kappa shape index (κ1) is 10.1. The third-order valence-corrected chi connectivity index (χ3v) is 3.96. The highest BCUT2D eigenvalue weighted by molar-refractivity contribution is 5.22. The lowest BCUT2D eigenvalue weighted by atomic mass is 9.83. The molecule has 3 aliphatic heterocycles. The molecular formula is C15H19N. The number of benzene rings is 1. The number of hydrogen-bond acceptors (Lipinski definition) is 1. The van der Waals surface area contributed by atoms with Crippen LogP contribution in [0, 0.1) is 5.92 Å². The van der Waals surface area contributed by atoms with E-state index in [0.29, 0.717) is 0 Å². The maximum atomic E-state index is 2.59. The van der Waals surface area contributed by atoms with E-state index >= 15 is 0 Å². The molecule has 16 heavy (non-hydrogen) atoms. The maximum absolute atomic E-state index is 2.59. The summed E-state index contributed by atoms with van der Waals surface area (Å²) in [6.45, 7) is 3.89. The van der Waals surface area contributed by atoms with Crippen LogP contribution < -0.4 is 0 Å². The minimum atomic E-state index is 0.897. The molecule has 84 valence electrons. The van der Waals surface area contributed by atoms with Crippen molar-refractivity contribution in [3.05, 3.63) is 47.5 Å². The number of hydrogen-bond donors (Lipinski definition) is 0. The summed E-state index contributed by atoms with van der Waals surface area (Å²) in [6, 6.07) is 10.8. The van der Waals surface area contributed by atoms with Gasteiger partial charge in [0.25, 0.3) is 0 Å². The fraction of sp³-hybridized carbons (Fsp3) is 0.467. The van der Waals surface area contributed by atoms with E-state index in [1.807, 2.05) is 0 Å². The maximum Gasteiger partial charge on any atom is 0.0195 e. The Morgan fingerprint density at radius 2 is 1.88 bits per heavy atom. The molecule has 1 aromatic carbocycles. The standard InChI is InChI=1S/C15H19N/c1-2-4-13(5-3-1)6-7-15-12-16-10-8-14(15)9-11-16/h1-5,7,14H,6,8-12H2. The molecule has 3 heterocycles. The van der Waals surface area contributed by atoms with Crippen LogP contribution >= 0.6 is 0 Å². The van der Waals surface area contributed by atoms with Gasteiger partial charge in [0.05, 0.1) is 0 Å². The van der Waals surface area contributed by atoms with Gasteiger partial charge in [-0.05, 0) is 43.8 Å². The summed E-state index contributed by atoms with van der Waals surface area (Å²) < 4.78 is 0. The summed E-state index contributed by atoms with van der Waals surface area (Å²) in [4.78, 5) is 2.59. The molecule has 0 amide bonds. The molecule has 3 aliphatic rings. The van der Waals surface area contributed by atoms with Gasteiger partial charge in [-0.15, -0.1) is 0 Å². The number of rotatable bonds is 2. The van der Waals surface area contributed by atoms with Crippen LogP contribution in [0.15, 0.2) is 42.0 Å². The Balaban J connectivity index is 1.69. The van der Waals surface area contributed by atoms with Gasteiger partial charge < -0.3 is 0 Å². The van der Waals surface area contributed by atoms with Crippen molar-refractivity contribution in [3.63, 3.8) is 0 Å². The molecule has 0 spiro atoms. The minimum Gasteiger partial charge on any atom is -0.299 e. The van der Waals surface area contributed by atoms with Crippen LogP contribution in [0.1, 0.15) is 18.4 Å². The first-order chi connectivity index (χ1) is 7.92. The average molecular weight is 213 g/mol. The van der Waals surface area contributed by atoms with Crippen molar-refractivity contribution in [2.75, 3.05) is 19.6 Å². The van der Waals surface area contributed by atoms with Crippen molar-refractivity contribution in [1.29, 1.82) is 0 Å². The van der Waals surface area contributed by atoms with E-state index in [4.69, 9.17) is 0 Å². The molecule has 0 N–H and O–H groups in total. The molecule has 0 radical (unpaired) electrons. The zero-order chi connectivity index (χ0) is 10.8. The van der Waals surface area contributed by atoms with E-state index in [-0.39, 0.29) is 0 Å². The highest BCUT2D eigenvalue weighted by Gasteiger charge is 2.28. The third kappa shape index (κ3) is 2.05. The Kier molecular flexibility index (Phi) is 2.79. The zero-order valence-electron chi connectivity index (χ0n) is 9.73. The summed E-state index contributed by atoms with van der Waals surface area (Å²) in [7, 11) is 0. The Bertz CT molecular complexity index is 372. The topological polar surface area (TPSA) is 3.24 Å². The van der Waals surface area contributed by atoms with E-state index in [0.717, 1.165) is 12.3 Å². The molecule has 0 saturated carbocycles. The Hall–Kier alpha value is -1.08. The van der Waals surface area contributed by atoms with Gasteiger partial charge in [0.1, 0.15) is 0 Å². The molecule has 1 heteroatoms. The molecule has 0 unspecified atom stereocenters. The molecule has 4 rings (SSSR count). The van der Waals surface area contributed by atoms with E-state index < -0.39 is 0 Å². The molecule has 3 saturated heterocycles. The quantitative estimate of drug-likeness (QED) is 0.683. The molecule has 2 bridgehead atoms. The molecule has 3 fully saturated rings. The monoisotopic (exact) mass is 213 g/mol. The second-order valence-corrected chi connectivity index (χ2v) is 5.02. The SMILES string of the molecule is C(Cc1ccccc1)=C1CN2CCC1CC2. The second kappa shape index (κ2) is 4.42. The van der Waals surface area contributed by atoms with Gasteiger partial charge in [-0.3, -0.25) is 4.90 Å². The zero-order valence-corrected chi connectivity index (χ0v) is 9.73. The summed E-state index contributed by atoms with van der Waals surface area (Å²) in [5, 5.41) is 0. The van der Waals surface area contributed by atoms with Crippen LogP contribution in [0.25, 0.3) is 0 Å². The lowest BCUT2D eigenvalue weighted by Gasteiger charge is -2.41. The van der Waals surface area contributed by atoms with Gasteiger partial charge in [-0.1, -0.05) is 42.0 Å². The number of nitrogens with zero attached hydrogens (tertiary/aromatic N) is 1. The Morgan fingerprint density at radius 1 is 1.12 bits per heavy atom. The normalized spacial score (nSPS) is 30.9. The van der Waals surface area contributed by atoms with Crippen LogP contribution in [0.2, 0.25) is 0 Å². The lowest BCUT2D eigenvalue weighted by Crippen LogP contribution is -2.43. The molecule has 0 aliphatic carbocycles. The van der Waals surface area contributed by atoms with E-state index in [1.165, 1.54) is 38.0 Å². The van der Waals surface area contributed by atoms with Crippen LogP contribution in [0.5, 0.6) is 0 Å². The van der Waals surface area contributed by atoms with E-state index in [9.17, 15) is 0 Å². The third-order valence-electron chi connectivity index (χ3n) is 3.96. The number of allylic oxidation sites excluding steroid dienone is 1. The van der Waals surface area contributed by atoms with Crippen LogP contribution in [-0.2, 0) is 6.42 Å². The van der Waals surface area contributed by atoms with Gasteiger partial charge in [0.2, 0.25) is 0 Å². The fourth-order valence-electron chi connectivity index (χ4n) is 2.94. The predicted molar refractivity (Wildman–Crippen MR) is 67.4 cm³/mol.